The van der Waals surface area contributed by atoms with Gasteiger partial charge in [0.05, 0.1) is 13.2 Å². The predicted octanol–water partition coefficient (Wildman–Crippen LogP) is 2.82. The highest BCUT2D eigenvalue weighted by Gasteiger charge is 2.27. The van der Waals surface area contributed by atoms with E-state index in [1.165, 1.54) is 11.1 Å². The summed E-state index contributed by atoms with van der Waals surface area (Å²) in [4.78, 5) is 13.8. The maximum atomic E-state index is 11.6. The molecule has 1 unspecified atom stereocenters. The number of likely N-dealkylation sites (tertiary alicyclic amines) is 1. The van der Waals surface area contributed by atoms with E-state index in [2.05, 4.69) is 47.6 Å². The van der Waals surface area contributed by atoms with Gasteiger partial charge in [-0.1, -0.05) is 32.0 Å². The number of carbonyl (C=O) groups is 1. The second-order valence-corrected chi connectivity index (χ2v) is 7.85. The molecule has 1 aromatic rings. The van der Waals surface area contributed by atoms with E-state index >= 15 is 0 Å². The van der Waals surface area contributed by atoms with Crippen molar-refractivity contribution in [2.24, 2.45) is 0 Å². The van der Waals surface area contributed by atoms with Gasteiger partial charge in [-0.05, 0) is 37.2 Å². The summed E-state index contributed by atoms with van der Waals surface area (Å²) in [6.07, 6.45) is 4.38. The van der Waals surface area contributed by atoms with Crippen LogP contribution in [0, 0.1) is 0 Å². The van der Waals surface area contributed by atoms with Crippen LogP contribution in [0.5, 0.6) is 5.75 Å². The molecule has 0 bridgehead atoms. The minimum absolute atomic E-state index is 0.104. The Kier molecular flexibility index (Phi) is 6.54. The Morgan fingerprint density at radius 3 is 2.73 bits per heavy atom. The van der Waals surface area contributed by atoms with E-state index in [0.717, 1.165) is 51.1 Å². The number of benzene rings is 1. The van der Waals surface area contributed by atoms with Gasteiger partial charge in [0.25, 0.3) is 0 Å². The number of hydrogen-bond donors (Lipinski definition) is 2. The lowest BCUT2D eigenvalue weighted by molar-refractivity contribution is -0.122. The maximum absolute atomic E-state index is 11.6. The molecule has 26 heavy (non-hydrogen) atoms. The molecule has 5 heteroatoms. The first-order valence-corrected chi connectivity index (χ1v) is 10.0. The van der Waals surface area contributed by atoms with Gasteiger partial charge in [0, 0.05) is 37.8 Å². The normalized spacial score (nSPS) is 21.8. The zero-order valence-electron chi connectivity index (χ0n) is 16.4. The Balaban J connectivity index is 1.64. The summed E-state index contributed by atoms with van der Waals surface area (Å²) < 4.78 is 6.14. The molecule has 0 radical (unpaired) electrons. The van der Waals surface area contributed by atoms with Crippen molar-refractivity contribution in [3.8, 4) is 5.75 Å². The van der Waals surface area contributed by atoms with E-state index < -0.39 is 0 Å². The van der Waals surface area contributed by atoms with Crippen molar-refractivity contribution in [1.29, 1.82) is 0 Å². The number of nitrogens with zero attached hydrogens (tertiary/aromatic N) is 1. The van der Waals surface area contributed by atoms with Crippen molar-refractivity contribution in [2.75, 3.05) is 33.3 Å². The first-order valence-electron chi connectivity index (χ1n) is 10.0. The molecule has 0 aliphatic carbocycles. The SMILES string of the molecule is CNC(=O)CN1CCC(NC2CCCOc3c(C(C)C)cccc32)CC1. The summed E-state index contributed by atoms with van der Waals surface area (Å²) in [5.41, 5.74) is 2.64. The number of para-hydroxylation sites is 1. The van der Waals surface area contributed by atoms with Gasteiger partial charge in [0.15, 0.2) is 0 Å². The summed E-state index contributed by atoms with van der Waals surface area (Å²) in [6.45, 7) is 7.74. The van der Waals surface area contributed by atoms with E-state index in [9.17, 15) is 4.79 Å². The number of piperidine rings is 1. The summed E-state index contributed by atoms with van der Waals surface area (Å²) in [7, 11) is 1.70. The van der Waals surface area contributed by atoms with Crippen molar-refractivity contribution >= 4 is 5.91 Å². The van der Waals surface area contributed by atoms with Crippen LogP contribution < -0.4 is 15.4 Å². The van der Waals surface area contributed by atoms with Crippen molar-refractivity contribution < 1.29 is 9.53 Å². The summed E-state index contributed by atoms with van der Waals surface area (Å²) in [5, 5.41) is 6.61. The lowest BCUT2D eigenvalue weighted by Crippen LogP contribution is -2.46. The Hall–Kier alpha value is -1.59. The monoisotopic (exact) mass is 359 g/mol. The number of amides is 1. The minimum Gasteiger partial charge on any atom is -0.493 e. The van der Waals surface area contributed by atoms with Crippen LogP contribution in [0.1, 0.15) is 62.6 Å². The Bertz CT molecular complexity index is 609. The van der Waals surface area contributed by atoms with Gasteiger partial charge in [-0.25, -0.2) is 0 Å². The Morgan fingerprint density at radius 2 is 2.04 bits per heavy atom. The van der Waals surface area contributed by atoms with Gasteiger partial charge in [-0.3, -0.25) is 9.69 Å². The molecular weight excluding hydrogens is 326 g/mol. The molecule has 1 aromatic carbocycles. The summed E-state index contributed by atoms with van der Waals surface area (Å²) in [5.74, 6) is 1.68. The van der Waals surface area contributed by atoms with Crippen LogP contribution in [0.2, 0.25) is 0 Å². The fourth-order valence-corrected chi connectivity index (χ4v) is 4.08. The topological polar surface area (TPSA) is 53.6 Å². The quantitative estimate of drug-likeness (QED) is 0.849. The van der Waals surface area contributed by atoms with Gasteiger partial charge in [0.1, 0.15) is 5.75 Å². The summed E-state index contributed by atoms with van der Waals surface area (Å²) >= 11 is 0. The number of hydrogen-bond acceptors (Lipinski definition) is 4. The molecule has 0 spiro atoms. The molecule has 2 aliphatic rings. The molecule has 1 fully saturated rings. The lowest BCUT2D eigenvalue weighted by atomic mass is 9.93. The van der Waals surface area contributed by atoms with Crippen LogP contribution in [0.15, 0.2) is 18.2 Å². The van der Waals surface area contributed by atoms with Crippen molar-refractivity contribution in [2.45, 2.75) is 57.5 Å². The highest BCUT2D eigenvalue weighted by Crippen LogP contribution is 2.38. The second-order valence-electron chi connectivity index (χ2n) is 7.85. The molecule has 0 saturated carbocycles. The molecule has 2 heterocycles. The third-order valence-corrected chi connectivity index (χ3v) is 5.63. The Labute approximate surface area is 157 Å². The molecule has 1 atom stereocenters. The van der Waals surface area contributed by atoms with E-state index in [1.54, 1.807) is 7.05 Å². The fourth-order valence-electron chi connectivity index (χ4n) is 4.08. The van der Waals surface area contributed by atoms with Crippen LogP contribution in [-0.4, -0.2) is 50.1 Å². The zero-order chi connectivity index (χ0) is 18.5. The molecule has 2 aliphatic heterocycles. The van der Waals surface area contributed by atoms with Gasteiger partial charge in [-0.2, -0.15) is 0 Å². The first kappa shape index (κ1) is 19.2. The van der Waals surface area contributed by atoms with E-state index in [1.807, 2.05) is 0 Å². The number of likely N-dealkylation sites (N-methyl/N-ethyl adjacent to an activating group) is 1. The third-order valence-electron chi connectivity index (χ3n) is 5.63. The van der Waals surface area contributed by atoms with E-state index in [0.29, 0.717) is 24.5 Å². The van der Waals surface area contributed by atoms with Gasteiger partial charge >= 0.3 is 0 Å². The van der Waals surface area contributed by atoms with Crippen LogP contribution in [0.3, 0.4) is 0 Å². The van der Waals surface area contributed by atoms with E-state index in [4.69, 9.17) is 4.74 Å². The van der Waals surface area contributed by atoms with Gasteiger partial charge < -0.3 is 15.4 Å². The number of ether oxygens (including phenoxy) is 1. The fraction of sp³-hybridized carbons (Fsp3) is 0.667. The summed E-state index contributed by atoms with van der Waals surface area (Å²) in [6, 6.07) is 7.47. The molecule has 1 amide bonds. The number of rotatable bonds is 5. The first-order chi connectivity index (χ1) is 12.6. The smallest absolute Gasteiger partial charge is 0.233 e. The van der Waals surface area contributed by atoms with Crippen LogP contribution >= 0.6 is 0 Å². The standard InChI is InChI=1S/C21H33N3O2/c1-15(2)17-6-4-7-18-19(8-5-13-26-21(17)18)23-16-9-11-24(12-10-16)14-20(25)22-3/h4,6-7,15-16,19,23H,5,8-14H2,1-3H3,(H,22,25). The molecule has 2 N–H and O–H groups in total. The molecule has 0 aromatic heterocycles. The largest absolute Gasteiger partial charge is 0.493 e. The van der Waals surface area contributed by atoms with Crippen molar-refractivity contribution in [3.63, 3.8) is 0 Å². The van der Waals surface area contributed by atoms with Crippen molar-refractivity contribution in [1.82, 2.24) is 15.5 Å². The van der Waals surface area contributed by atoms with Gasteiger partial charge in [-0.15, -0.1) is 0 Å². The van der Waals surface area contributed by atoms with Crippen LogP contribution in [-0.2, 0) is 4.79 Å². The molecular formula is C21H33N3O2. The van der Waals surface area contributed by atoms with Crippen LogP contribution in [0.25, 0.3) is 0 Å². The van der Waals surface area contributed by atoms with Gasteiger partial charge in [0.2, 0.25) is 5.91 Å². The van der Waals surface area contributed by atoms with Crippen LogP contribution in [0.4, 0.5) is 0 Å². The lowest BCUT2D eigenvalue weighted by Gasteiger charge is -2.34. The zero-order valence-corrected chi connectivity index (χ0v) is 16.4. The highest BCUT2D eigenvalue weighted by atomic mass is 16.5. The predicted molar refractivity (Wildman–Crippen MR) is 105 cm³/mol. The number of fused-ring (bicyclic) bond motifs is 1. The second kappa shape index (κ2) is 8.87. The molecule has 1 saturated heterocycles. The Morgan fingerprint density at radius 1 is 1.27 bits per heavy atom. The number of carbonyl (C=O) groups excluding carboxylic acids is 1. The van der Waals surface area contributed by atoms with E-state index in [-0.39, 0.29) is 5.91 Å². The molecule has 5 nitrogen and oxygen atoms in total. The highest BCUT2D eigenvalue weighted by molar-refractivity contribution is 5.77. The average molecular weight is 360 g/mol. The average Bonchev–Trinajstić information content (AvgIpc) is 2.85. The number of nitrogens with one attached hydrogen (secondary N) is 2. The maximum Gasteiger partial charge on any atom is 0.233 e. The molecule has 3 rings (SSSR count). The minimum atomic E-state index is 0.104. The molecule has 144 valence electrons. The third kappa shape index (κ3) is 4.57. The van der Waals surface area contributed by atoms with Crippen molar-refractivity contribution in [3.05, 3.63) is 29.3 Å².